The van der Waals surface area contributed by atoms with Crippen molar-refractivity contribution in [3.63, 3.8) is 0 Å². The van der Waals surface area contributed by atoms with Gasteiger partial charge in [-0.05, 0) is 18.6 Å². The lowest BCUT2D eigenvalue weighted by Gasteiger charge is -2.26. The van der Waals surface area contributed by atoms with E-state index in [1.807, 2.05) is 9.80 Å². The van der Waals surface area contributed by atoms with Crippen LogP contribution in [0.15, 0.2) is 24.5 Å². The zero-order valence-corrected chi connectivity index (χ0v) is 16.6. The number of carbonyl (C=O) groups is 1. The first kappa shape index (κ1) is 20.1. The number of primary amides is 1. The molecule has 1 amide bonds. The number of benzene rings is 1. The molecule has 0 spiro atoms. The Morgan fingerprint density at radius 3 is 2.63 bits per heavy atom. The molecule has 1 unspecified atom stereocenters. The quantitative estimate of drug-likeness (QED) is 0.706. The maximum absolute atomic E-state index is 14.9. The summed E-state index contributed by atoms with van der Waals surface area (Å²) in [4.78, 5) is 23.6. The Hall–Kier alpha value is -3.14. The lowest BCUT2D eigenvalue weighted by Crippen LogP contribution is -2.37. The Morgan fingerprint density at radius 1 is 1.20 bits per heavy atom. The van der Waals surface area contributed by atoms with Crippen molar-refractivity contribution in [1.29, 1.82) is 0 Å². The van der Waals surface area contributed by atoms with Gasteiger partial charge in [0.05, 0.1) is 31.2 Å². The Morgan fingerprint density at radius 2 is 1.93 bits per heavy atom. The summed E-state index contributed by atoms with van der Waals surface area (Å²) in [7, 11) is 0. The molecule has 0 aliphatic carbocycles. The van der Waals surface area contributed by atoms with Crippen LogP contribution in [0.2, 0.25) is 0 Å². The minimum Gasteiger partial charge on any atom is -0.449 e. The third-order valence-corrected chi connectivity index (χ3v) is 5.45. The lowest BCUT2D eigenvalue weighted by atomic mass is 10.1. The van der Waals surface area contributed by atoms with Crippen LogP contribution < -0.4 is 21.3 Å². The van der Waals surface area contributed by atoms with E-state index in [0.717, 1.165) is 19.5 Å². The molecule has 0 saturated carbocycles. The van der Waals surface area contributed by atoms with Gasteiger partial charge in [0, 0.05) is 55.6 Å². The van der Waals surface area contributed by atoms with Crippen LogP contribution >= 0.6 is 0 Å². The molecule has 0 radical (unpaired) electrons. The van der Waals surface area contributed by atoms with Crippen molar-refractivity contribution in [2.24, 2.45) is 11.7 Å². The number of hydrogen-bond acceptors (Lipinski definition) is 8. The monoisotopic (exact) mass is 416 g/mol. The first-order valence-corrected chi connectivity index (χ1v) is 9.92. The molecular formula is C20H25FN6O3. The summed E-state index contributed by atoms with van der Waals surface area (Å²) in [6.45, 7) is 4.32. The molecule has 1 atom stereocenters. The lowest BCUT2D eigenvalue weighted by molar-refractivity contribution is 0.122. The summed E-state index contributed by atoms with van der Waals surface area (Å²) in [6, 6.07) is 3.06. The minimum atomic E-state index is -0.787. The van der Waals surface area contributed by atoms with Crippen molar-refractivity contribution in [2.75, 3.05) is 61.5 Å². The van der Waals surface area contributed by atoms with Gasteiger partial charge in [-0.15, -0.1) is 0 Å². The third kappa shape index (κ3) is 4.38. The molecule has 10 heteroatoms. The minimum absolute atomic E-state index is 0.140. The highest BCUT2D eigenvalue weighted by molar-refractivity contribution is 5.77. The van der Waals surface area contributed by atoms with Gasteiger partial charge in [0.1, 0.15) is 5.82 Å². The first-order valence-electron chi connectivity index (χ1n) is 9.92. The van der Waals surface area contributed by atoms with E-state index in [1.165, 1.54) is 6.07 Å². The summed E-state index contributed by atoms with van der Waals surface area (Å²) >= 11 is 0. The average Bonchev–Trinajstić information content (AvgIpc) is 3.23. The first-order chi connectivity index (χ1) is 14.5. The average molecular weight is 416 g/mol. The SMILES string of the molecule is NC(=O)OCC1CCN(c2cc(F)c(-c3cnc(N4CCOCC4)nc3)cc2N)C1. The highest BCUT2D eigenvalue weighted by Crippen LogP contribution is 2.34. The number of morpholine rings is 1. The summed E-state index contributed by atoms with van der Waals surface area (Å²) in [5.41, 5.74) is 13.3. The second-order valence-corrected chi connectivity index (χ2v) is 7.49. The molecule has 30 heavy (non-hydrogen) atoms. The second-order valence-electron chi connectivity index (χ2n) is 7.49. The van der Waals surface area contributed by atoms with E-state index >= 15 is 0 Å². The smallest absolute Gasteiger partial charge is 0.404 e. The fourth-order valence-corrected chi connectivity index (χ4v) is 3.85. The maximum Gasteiger partial charge on any atom is 0.404 e. The van der Waals surface area contributed by atoms with Gasteiger partial charge >= 0.3 is 6.09 Å². The fraction of sp³-hybridized carbons (Fsp3) is 0.450. The molecule has 1 aromatic carbocycles. The van der Waals surface area contributed by atoms with Crippen LogP contribution in [0.1, 0.15) is 6.42 Å². The van der Waals surface area contributed by atoms with Crippen molar-refractivity contribution >= 4 is 23.4 Å². The highest BCUT2D eigenvalue weighted by atomic mass is 19.1. The van der Waals surface area contributed by atoms with E-state index in [0.29, 0.717) is 54.8 Å². The molecular weight excluding hydrogens is 391 g/mol. The van der Waals surface area contributed by atoms with Crippen LogP contribution in [0.5, 0.6) is 0 Å². The molecule has 4 rings (SSSR count). The van der Waals surface area contributed by atoms with E-state index in [2.05, 4.69) is 9.97 Å². The third-order valence-electron chi connectivity index (χ3n) is 5.45. The Balaban J connectivity index is 1.48. The topological polar surface area (TPSA) is 120 Å². The van der Waals surface area contributed by atoms with Gasteiger partial charge in [-0.25, -0.2) is 19.2 Å². The van der Waals surface area contributed by atoms with Crippen LogP contribution in [0.25, 0.3) is 11.1 Å². The van der Waals surface area contributed by atoms with Crippen molar-refractivity contribution < 1.29 is 18.7 Å². The number of ether oxygens (including phenoxy) is 2. The van der Waals surface area contributed by atoms with E-state index < -0.39 is 11.9 Å². The number of amides is 1. The fourth-order valence-electron chi connectivity index (χ4n) is 3.85. The number of carbonyl (C=O) groups excluding carboxylic acids is 1. The standard InChI is InChI=1S/C20H25FN6O3/c21-16-8-18(27-2-1-13(11-27)12-30-19(23)28)17(22)7-15(16)14-9-24-20(25-10-14)26-3-5-29-6-4-26/h7-10,13H,1-6,11-12,22H2,(H2,23,28). The zero-order chi connectivity index (χ0) is 21.1. The normalized spacial score (nSPS) is 19.2. The second kappa shape index (κ2) is 8.70. The molecule has 4 N–H and O–H groups in total. The van der Waals surface area contributed by atoms with Gasteiger partial charge in [-0.3, -0.25) is 0 Å². The van der Waals surface area contributed by atoms with Crippen molar-refractivity contribution in [3.05, 3.63) is 30.3 Å². The molecule has 2 aliphatic heterocycles. The molecule has 2 fully saturated rings. The van der Waals surface area contributed by atoms with Gasteiger partial charge in [0.25, 0.3) is 0 Å². The van der Waals surface area contributed by atoms with Crippen LogP contribution in [-0.4, -0.2) is 62.1 Å². The van der Waals surface area contributed by atoms with Crippen LogP contribution in [0.3, 0.4) is 0 Å². The van der Waals surface area contributed by atoms with Gasteiger partial charge in [0.15, 0.2) is 0 Å². The molecule has 1 aromatic heterocycles. The van der Waals surface area contributed by atoms with Crippen LogP contribution in [-0.2, 0) is 9.47 Å². The highest BCUT2D eigenvalue weighted by Gasteiger charge is 2.26. The Kier molecular flexibility index (Phi) is 5.84. The number of nitrogens with two attached hydrogens (primary N) is 2. The molecule has 2 saturated heterocycles. The number of halogens is 1. The molecule has 3 heterocycles. The Labute approximate surface area is 173 Å². The molecule has 2 aliphatic rings. The van der Waals surface area contributed by atoms with Gasteiger partial charge < -0.3 is 30.7 Å². The van der Waals surface area contributed by atoms with E-state index in [1.54, 1.807) is 18.5 Å². The van der Waals surface area contributed by atoms with Crippen LogP contribution in [0.4, 0.5) is 26.5 Å². The summed E-state index contributed by atoms with van der Waals surface area (Å²) in [5, 5.41) is 0. The Bertz CT molecular complexity index is 904. The van der Waals surface area contributed by atoms with Crippen molar-refractivity contribution in [2.45, 2.75) is 6.42 Å². The predicted molar refractivity (Wildman–Crippen MR) is 111 cm³/mol. The number of anilines is 3. The maximum atomic E-state index is 14.9. The van der Waals surface area contributed by atoms with E-state index in [-0.39, 0.29) is 12.5 Å². The predicted octanol–water partition coefficient (Wildman–Crippen LogP) is 1.62. The van der Waals surface area contributed by atoms with E-state index in [9.17, 15) is 9.18 Å². The van der Waals surface area contributed by atoms with Gasteiger partial charge in [-0.1, -0.05) is 0 Å². The van der Waals surface area contributed by atoms with Crippen molar-refractivity contribution in [3.8, 4) is 11.1 Å². The number of nitrogen functional groups attached to an aromatic ring is 1. The molecule has 2 aromatic rings. The largest absolute Gasteiger partial charge is 0.449 e. The van der Waals surface area contributed by atoms with Gasteiger partial charge in [0.2, 0.25) is 5.95 Å². The van der Waals surface area contributed by atoms with Gasteiger partial charge in [-0.2, -0.15) is 0 Å². The number of hydrogen-bond donors (Lipinski definition) is 2. The number of nitrogens with zero attached hydrogens (tertiary/aromatic N) is 4. The zero-order valence-electron chi connectivity index (χ0n) is 16.6. The molecule has 9 nitrogen and oxygen atoms in total. The van der Waals surface area contributed by atoms with Crippen LogP contribution in [0, 0.1) is 11.7 Å². The number of rotatable bonds is 5. The summed E-state index contributed by atoms with van der Waals surface area (Å²) < 4.78 is 25.1. The molecule has 0 bridgehead atoms. The summed E-state index contributed by atoms with van der Waals surface area (Å²) in [5.74, 6) is 0.355. The molecule has 160 valence electrons. The summed E-state index contributed by atoms with van der Waals surface area (Å²) in [6.07, 6.45) is 3.25. The number of aromatic nitrogens is 2. The van der Waals surface area contributed by atoms with Crippen molar-refractivity contribution in [1.82, 2.24) is 9.97 Å². The van der Waals surface area contributed by atoms with E-state index in [4.69, 9.17) is 20.9 Å².